The van der Waals surface area contributed by atoms with Crippen molar-refractivity contribution in [2.24, 2.45) is 0 Å². The second-order valence-electron chi connectivity index (χ2n) is 4.22. The molecule has 0 aliphatic carbocycles. The van der Waals surface area contributed by atoms with E-state index in [2.05, 4.69) is 26.4 Å². The van der Waals surface area contributed by atoms with Crippen LogP contribution in [0.1, 0.15) is 28.5 Å². The van der Waals surface area contributed by atoms with Crippen molar-refractivity contribution < 1.29 is 4.79 Å². The molecule has 2 aromatic heterocycles. The number of hydrogen-bond acceptors (Lipinski definition) is 4. The van der Waals surface area contributed by atoms with Crippen molar-refractivity contribution in [3.05, 3.63) is 45.9 Å². The number of nitrogens with zero attached hydrogens (tertiary/aromatic N) is 1. The number of aryl methyl sites for hydroxylation is 1. The van der Waals surface area contributed by atoms with Gasteiger partial charge in [-0.1, -0.05) is 0 Å². The first-order valence-corrected chi connectivity index (χ1v) is 7.14. The zero-order chi connectivity index (χ0) is 13.7. The Morgan fingerprint density at radius 1 is 1.42 bits per heavy atom. The van der Waals surface area contributed by atoms with Gasteiger partial charge < -0.3 is 10.6 Å². The topological polar surface area (TPSA) is 54.0 Å². The molecule has 0 unspecified atom stereocenters. The van der Waals surface area contributed by atoms with Crippen LogP contribution in [0.5, 0.6) is 0 Å². The van der Waals surface area contributed by atoms with Crippen molar-refractivity contribution in [2.45, 2.75) is 20.4 Å². The minimum Gasteiger partial charge on any atom is -0.385 e. The van der Waals surface area contributed by atoms with Crippen LogP contribution in [-0.2, 0) is 6.54 Å². The van der Waals surface area contributed by atoms with Gasteiger partial charge in [0.05, 0.1) is 0 Å². The Balaban J connectivity index is 2.00. The molecule has 0 spiro atoms. The highest BCUT2D eigenvalue weighted by Gasteiger charge is 2.08. The van der Waals surface area contributed by atoms with E-state index >= 15 is 0 Å². The fraction of sp³-hybridized carbons (Fsp3) is 0.286. The molecule has 2 rings (SSSR count). The van der Waals surface area contributed by atoms with E-state index in [-0.39, 0.29) is 5.91 Å². The Morgan fingerprint density at radius 2 is 2.26 bits per heavy atom. The van der Waals surface area contributed by atoms with Crippen molar-refractivity contribution in [3.63, 3.8) is 0 Å². The van der Waals surface area contributed by atoms with E-state index in [9.17, 15) is 4.79 Å². The van der Waals surface area contributed by atoms with Gasteiger partial charge in [0.1, 0.15) is 5.69 Å². The average molecular weight is 275 g/mol. The molecule has 5 heteroatoms. The van der Waals surface area contributed by atoms with Crippen molar-refractivity contribution in [3.8, 4) is 0 Å². The predicted molar refractivity (Wildman–Crippen MR) is 78.6 cm³/mol. The molecular weight excluding hydrogens is 258 g/mol. The molecule has 0 radical (unpaired) electrons. The minimum absolute atomic E-state index is 0.148. The van der Waals surface area contributed by atoms with E-state index in [4.69, 9.17) is 0 Å². The van der Waals surface area contributed by atoms with Crippen LogP contribution in [0.2, 0.25) is 0 Å². The summed E-state index contributed by atoms with van der Waals surface area (Å²) in [6.07, 6.45) is 1.64. The predicted octanol–water partition coefficient (Wildman–Crippen LogP) is 2.81. The van der Waals surface area contributed by atoms with E-state index in [1.54, 1.807) is 23.6 Å². The number of pyridine rings is 1. The van der Waals surface area contributed by atoms with Gasteiger partial charge in [0.2, 0.25) is 0 Å². The number of hydrogen-bond donors (Lipinski definition) is 2. The number of anilines is 1. The molecule has 2 N–H and O–H groups in total. The maximum atomic E-state index is 12.0. The summed E-state index contributed by atoms with van der Waals surface area (Å²) in [5, 5.41) is 10.2. The number of rotatable bonds is 5. The van der Waals surface area contributed by atoms with Crippen LogP contribution in [-0.4, -0.2) is 17.4 Å². The lowest BCUT2D eigenvalue weighted by Crippen LogP contribution is -2.24. The number of nitrogens with one attached hydrogen (secondary N) is 2. The highest BCUT2D eigenvalue weighted by atomic mass is 32.1. The first kappa shape index (κ1) is 13.5. The van der Waals surface area contributed by atoms with Gasteiger partial charge in [0.25, 0.3) is 5.91 Å². The smallest absolute Gasteiger partial charge is 0.270 e. The molecule has 0 saturated carbocycles. The molecule has 0 bridgehead atoms. The highest BCUT2D eigenvalue weighted by molar-refractivity contribution is 7.08. The van der Waals surface area contributed by atoms with Crippen LogP contribution < -0.4 is 10.6 Å². The SMILES string of the molecule is CCNc1ccnc(C(=O)NCc2cscc2C)c1. The van der Waals surface area contributed by atoms with Crippen LogP contribution in [0, 0.1) is 6.92 Å². The molecule has 2 heterocycles. The third kappa shape index (κ3) is 3.54. The lowest BCUT2D eigenvalue weighted by Gasteiger charge is -2.07. The standard InChI is InChI=1S/C14H17N3OS/c1-3-15-12-4-5-16-13(6-12)14(18)17-7-11-9-19-8-10(11)2/h4-6,8-9H,3,7H2,1-2H3,(H,15,16)(H,17,18). The molecule has 1 amide bonds. The van der Waals surface area contributed by atoms with E-state index < -0.39 is 0 Å². The monoisotopic (exact) mass is 275 g/mol. The molecule has 100 valence electrons. The van der Waals surface area contributed by atoms with Crippen LogP contribution >= 0.6 is 11.3 Å². The summed E-state index contributed by atoms with van der Waals surface area (Å²) in [6.45, 7) is 5.42. The Bertz CT molecular complexity index is 565. The largest absolute Gasteiger partial charge is 0.385 e. The van der Waals surface area contributed by atoms with Crippen LogP contribution in [0.3, 0.4) is 0 Å². The number of amides is 1. The van der Waals surface area contributed by atoms with Crippen LogP contribution in [0.25, 0.3) is 0 Å². The van der Waals surface area contributed by atoms with Gasteiger partial charge in [-0.2, -0.15) is 11.3 Å². The Hall–Kier alpha value is -1.88. The fourth-order valence-corrected chi connectivity index (χ4v) is 2.56. The summed E-state index contributed by atoms with van der Waals surface area (Å²) in [5.74, 6) is -0.148. The molecule has 2 aromatic rings. The van der Waals surface area contributed by atoms with Gasteiger partial charge in [-0.3, -0.25) is 9.78 Å². The Kier molecular flexibility index (Phi) is 4.52. The van der Waals surface area contributed by atoms with Crippen molar-refractivity contribution in [2.75, 3.05) is 11.9 Å². The molecule has 0 aliphatic heterocycles. The zero-order valence-corrected chi connectivity index (χ0v) is 11.9. The lowest BCUT2D eigenvalue weighted by molar-refractivity contribution is 0.0946. The lowest BCUT2D eigenvalue weighted by atomic mass is 10.2. The number of carbonyl (C=O) groups excluding carboxylic acids is 1. The van der Waals surface area contributed by atoms with Crippen molar-refractivity contribution >= 4 is 22.9 Å². The van der Waals surface area contributed by atoms with E-state index in [0.717, 1.165) is 17.8 Å². The third-order valence-electron chi connectivity index (χ3n) is 2.77. The molecular formula is C14H17N3OS. The number of thiophene rings is 1. The summed E-state index contributed by atoms with van der Waals surface area (Å²) in [6, 6.07) is 3.61. The van der Waals surface area contributed by atoms with Gasteiger partial charge >= 0.3 is 0 Å². The Labute approximate surface area is 116 Å². The Morgan fingerprint density at radius 3 is 2.95 bits per heavy atom. The maximum Gasteiger partial charge on any atom is 0.270 e. The minimum atomic E-state index is -0.148. The molecule has 0 atom stereocenters. The second-order valence-corrected chi connectivity index (χ2v) is 4.97. The summed E-state index contributed by atoms with van der Waals surface area (Å²) in [7, 11) is 0. The fourth-order valence-electron chi connectivity index (χ4n) is 1.70. The number of carbonyl (C=O) groups is 1. The van der Waals surface area contributed by atoms with Gasteiger partial charge in [-0.15, -0.1) is 0 Å². The molecule has 4 nitrogen and oxygen atoms in total. The third-order valence-corrected chi connectivity index (χ3v) is 3.68. The van der Waals surface area contributed by atoms with E-state index in [1.807, 2.05) is 19.9 Å². The van der Waals surface area contributed by atoms with Gasteiger partial charge in [-0.05, 0) is 47.9 Å². The van der Waals surface area contributed by atoms with Crippen LogP contribution in [0.4, 0.5) is 5.69 Å². The van der Waals surface area contributed by atoms with Gasteiger partial charge in [0, 0.05) is 25.0 Å². The molecule has 19 heavy (non-hydrogen) atoms. The summed E-state index contributed by atoms with van der Waals surface area (Å²) >= 11 is 1.65. The first-order valence-electron chi connectivity index (χ1n) is 6.20. The van der Waals surface area contributed by atoms with Crippen LogP contribution in [0.15, 0.2) is 29.1 Å². The van der Waals surface area contributed by atoms with E-state index in [0.29, 0.717) is 12.2 Å². The summed E-state index contributed by atoms with van der Waals surface area (Å²) in [4.78, 5) is 16.1. The molecule has 0 saturated heterocycles. The zero-order valence-electron chi connectivity index (χ0n) is 11.1. The normalized spacial score (nSPS) is 10.2. The molecule has 0 aliphatic rings. The molecule has 0 fully saturated rings. The average Bonchev–Trinajstić information content (AvgIpc) is 2.82. The summed E-state index contributed by atoms with van der Waals surface area (Å²) in [5.41, 5.74) is 3.71. The first-order chi connectivity index (χ1) is 9.20. The van der Waals surface area contributed by atoms with E-state index in [1.165, 1.54) is 5.56 Å². The quantitative estimate of drug-likeness (QED) is 0.882. The van der Waals surface area contributed by atoms with Gasteiger partial charge in [-0.25, -0.2) is 0 Å². The van der Waals surface area contributed by atoms with Gasteiger partial charge in [0.15, 0.2) is 0 Å². The van der Waals surface area contributed by atoms with Crippen molar-refractivity contribution in [1.29, 1.82) is 0 Å². The highest BCUT2D eigenvalue weighted by Crippen LogP contribution is 2.13. The maximum absolute atomic E-state index is 12.0. The molecule has 0 aromatic carbocycles. The summed E-state index contributed by atoms with van der Waals surface area (Å²) < 4.78 is 0. The van der Waals surface area contributed by atoms with Crippen molar-refractivity contribution in [1.82, 2.24) is 10.3 Å². The second kappa shape index (κ2) is 6.33. The number of aromatic nitrogens is 1.